The van der Waals surface area contributed by atoms with Gasteiger partial charge in [0, 0.05) is 3.57 Å². The molecule has 0 spiro atoms. The second-order valence-corrected chi connectivity index (χ2v) is 5.71. The molecule has 1 heterocycles. The summed E-state index contributed by atoms with van der Waals surface area (Å²) in [5, 5.41) is 0.579. The van der Waals surface area contributed by atoms with Crippen LogP contribution in [-0.2, 0) is 6.54 Å². The molecule has 0 saturated heterocycles. The van der Waals surface area contributed by atoms with E-state index < -0.39 is 0 Å². The van der Waals surface area contributed by atoms with E-state index in [0.717, 1.165) is 9.13 Å². The molecular formula is C15H10FIN2O. The van der Waals surface area contributed by atoms with Gasteiger partial charge in [0.15, 0.2) is 0 Å². The van der Waals surface area contributed by atoms with Gasteiger partial charge in [-0.05, 0) is 58.5 Å². The summed E-state index contributed by atoms with van der Waals surface area (Å²) < 4.78 is 15.6. The van der Waals surface area contributed by atoms with Crippen LogP contribution in [0.15, 0.2) is 53.6 Å². The van der Waals surface area contributed by atoms with Crippen LogP contribution in [-0.4, -0.2) is 9.55 Å². The minimum atomic E-state index is -0.307. The maximum atomic E-state index is 13.2. The van der Waals surface area contributed by atoms with Gasteiger partial charge >= 0.3 is 0 Å². The molecule has 0 aliphatic rings. The molecule has 2 aromatic carbocycles. The fraction of sp³-hybridized carbons (Fsp3) is 0.0667. The molecule has 100 valence electrons. The Bertz CT molecular complexity index is 845. The summed E-state index contributed by atoms with van der Waals surface area (Å²) in [5.74, 6) is -0.307. The fourth-order valence-corrected chi connectivity index (χ4v) is 2.57. The van der Waals surface area contributed by atoms with Gasteiger partial charge in [-0.3, -0.25) is 9.36 Å². The van der Waals surface area contributed by atoms with E-state index in [2.05, 4.69) is 27.6 Å². The zero-order valence-electron chi connectivity index (χ0n) is 10.4. The molecule has 3 rings (SSSR count). The number of aromatic nitrogens is 2. The molecule has 0 saturated carbocycles. The van der Waals surface area contributed by atoms with Crippen molar-refractivity contribution in [2.24, 2.45) is 0 Å². The molecule has 0 amide bonds. The molecule has 0 aliphatic heterocycles. The highest BCUT2D eigenvalue weighted by atomic mass is 127. The molecule has 0 N–H and O–H groups in total. The number of benzene rings is 2. The summed E-state index contributed by atoms with van der Waals surface area (Å²) in [4.78, 5) is 16.7. The third-order valence-electron chi connectivity index (χ3n) is 3.03. The van der Waals surface area contributed by atoms with Gasteiger partial charge < -0.3 is 0 Å². The van der Waals surface area contributed by atoms with Gasteiger partial charge in [0.2, 0.25) is 0 Å². The van der Waals surface area contributed by atoms with Crippen molar-refractivity contribution in [1.29, 1.82) is 0 Å². The van der Waals surface area contributed by atoms with Crippen LogP contribution in [0, 0.1) is 9.39 Å². The standard InChI is InChI=1S/C15H10FIN2O/c16-11-3-1-2-10(6-11)8-19-9-18-14-5-4-12(17)7-13(14)15(19)20/h1-7,9H,8H2. The second kappa shape index (κ2) is 5.32. The number of hydrogen-bond donors (Lipinski definition) is 0. The lowest BCUT2D eigenvalue weighted by Crippen LogP contribution is -2.21. The molecular weight excluding hydrogens is 370 g/mol. The van der Waals surface area contributed by atoms with Crippen LogP contribution in [0.2, 0.25) is 0 Å². The van der Waals surface area contributed by atoms with Crippen molar-refractivity contribution in [1.82, 2.24) is 9.55 Å². The largest absolute Gasteiger partial charge is 0.294 e. The van der Waals surface area contributed by atoms with Crippen LogP contribution in [0.4, 0.5) is 4.39 Å². The SMILES string of the molecule is O=c1c2cc(I)ccc2ncn1Cc1cccc(F)c1. The summed E-state index contributed by atoms with van der Waals surface area (Å²) in [7, 11) is 0. The minimum Gasteiger partial charge on any atom is -0.294 e. The molecule has 5 heteroatoms. The van der Waals surface area contributed by atoms with E-state index in [1.54, 1.807) is 12.1 Å². The monoisotopic (exact) mass is 380 g/mol. The number of fused-ring (bicyclic) bond motifs is 1. The van der Waals surface area contributed by atoms with E-state index in [1.165, 1.54) is 23.0 Å². The van der Waals surface area contributed by atoms with Crippen LogP contribution >= 0.6 is 22.6 Å². The first-order chi connectivity index (χ1) is 9.63. The quantitative estimate of drug-likeness (QED) is 0.641. The summed E-state index contributed by atoms with van der Waals surface area (Å²) in [5.41, 5.74) is 1.29. The Balaban J connectivity index is 2.08. The van der Waals surface area contributed by atoms with E-state index in [9.17, 15) is 9.18 Å². The Hall–Kier alpha value is -1.76. The molecule has 0 bridgehead atoms. The predicted molar refractivity (Wildman–Crippen MR) is 84.2 cm³/mol. The van der Waals surface area contributed by atoms with Crippen molar-refractivity contribution >= 4 is 33.5 Å². The lowest BCUT2D eigenvalue weighted by molar-refractivity contribution is 0.622. The van der Waals surface area contributed by atoms with Crippen LogP contribution < -0.4 is 5.56 Å². The highest BCUT2D eigenvalue weighted by Crippen LogP contribution is 2.12. The highest BCUT2D eigenvalue weighted by molar-refractivity contribution is 14.1. The van der Waals surface area contributed by atoms with E-state index in [1.807, 2.05) is 18.2 Å². The highest BCUT2D eigenvalue weighted by Gasteiger charge is 2.05. The maximum Gasteiger partial charge on any atom is 0.261 e. The van der Waals surface area contributed by atoms with Crippen LogP contribution in [0.1, 0.15) is 5.56 Å². The molecule has 0 aliphatic carbocycles. The van der Waals surface area contributed by atoms with Gasteiger partial charge in [0.1, 0.15) is 5.82 Å². The number of halogens is 2. The third-order valence-corrected chi connectivity index (χ3v) is 3.70. The van der Waals surface area contributed by atoms with Crippen molar-refractivity contribution in [3.63, 3.8) is 0 Å². The normalized spacial score (nSPS) is 10.9. The van der Waals surface area contributed by atoms with Crippen LogP contribution in [0.3, 0.4) is 0 Å². The van der Waals surface area contributed by atoms with Gasteiger partial charge in [-0.2, -0.15) is 0 Å². The predicted octanol–water partition coefficient (Wildman–Crippen LogP) is 3.19. The van der Waals surface area contributed by atoms with Gasteiger partial charge in [-0.15, -0.1) is 0 Å². The van der Waals surface area contributed by atoms with Crippen molar-refractivity contribution in [2.75, 3.05) is 0 Å². The zero-order valence-corrected chi connectivity index (χ0v) is 12.5. The Labute approximate surface area is 128 Å². The fourth-order valence-electron chi connectivity index (χ4n) is 2.08. The molecule has 3 nitrogen and oxygen atoms in total. The van der Waals surface area contributed by atoms with E-state index in [-0.39, 0.29) is 11.4 Å². The molecule has 20 heavy (non-hydrogen) atoms. The van der Waals surface area contributed by atoms with Gasteiger partial charge in [-0.1, -0.05) is 12.1 Å². The van der Waals surface area contributed by atoms with E-state index in [4.69, 9.17) is 0 Å². The number of rotatable bonds is 2. The molecule has 0 unspecified atom stereocenters. The molecule has 0 fully saturated rings. The average Bonchev–Trinajstić information content (AvgIpc) is 2.43. The van der Waals surface area contributed by atoms with Crippen LogP contribution in [0.5, 0.6) is 0 Å². The van der Waals surface area contributed by atoms with Gasteiger partial charge in [0.25, 0.3) is 5.56 Å². The van der Waals surface area contributed by atoms with Crippen LogP contribution in [0.25, 0.3) is 10.9 Å². The number of nitrogens with zero attached hydrogens (tertiary/aromatic N) is 2. The summed E-state index contributed by atoms with van der Waals surface area (Å²) in [6.07, 6.45) is 1.50. The topological polar surface area (TPSA) is 34.9 Å². The molecule has 1 aromatic heterocycles. The Morgan fingerprint density at radius 2 is 2.05 bits per heavy atom. The third kappa shape index (κ3) is 2.58. The van der Waals surface area contributed by atoms with Crippen molar-refractivity contribution in [3.05, 3.63) is 74.1 Å². The van der Waals surface area contributed by atoms with Crippen molar-refractivity contribution in [2.45, 2.75) is 6.54 Å². The van der Waals surface area contributed by atoms with Crippen molar-refractivity contribution < 1.29 is 4.39 Å². The first-order valence-electron chi connectivity index (χ1n) is 6.02. The smallest absolute Gasteiger partial charge is 0.261 e. The first-order valence-corrected chi connectivity index (χ1v) is 7.10. The van der Waals surface area contributed by atoms with Crippen molar-refractivity contribution in [3.8, 4) is 0 Å². The lowest BCUT2D eigenvalue weighted by Gasteiger charge is -2.07. The van der Waals surface area contributed by atoms with E-state index >= 15 is 0 Å². The summed E-state index contributed by atoms with van der Waals surface area (Å²) in [6, 6.07) is 11.8. The minimum absolute atomic E-state index is 0.113. The Morgan fingerprint density at radius 1 is 1.20 bits per heavy atom. The average molecular weight is 380 g/mol. The molecule has 3 aromatic rings. The molecule has 0 radical (unpaired) electrons. The summed E-state index contributed by atoms with van der Waals surface area (Å²) in [6.45, 7) is 0.311. The van der Waals surface area contributed by atoms with E-state index in [0.29, 0.717) is 17.4 Å². The lowest BCUT2D eigenvalue weighted by atomic mass is 10.2. The Kier molecular flexibility index (Phi) is 3.52. The van der Waals surface area contributed by atoms with Gasteiger partial charge in [0.05, 0.1) is 23.8 Å². The molecule has 0 atom stereocenters. The number of hydrogen-bond acceptors (Lipinski definition) is 2. The maximum absolute atomic E-state index is 13.2. The first kappa shape index (κ1) is 13.2. The zero-order chi connectivity index (χ0) is 14.1. The summed E-state index contributed by atoms with van der Waals surface area (Å²) >= 11 is 2.16. The second-order valence-electron chi connectivity index (χ2n) is 4.47. The van der Waals surface area contributed by atoms with Gasteiger partial charge in [-0.25, -0.2) is 9.37 Å². The Morgan fingerprint density at radius 3 is 2.85 bits per heavy atom.